The third-order valence-electron chi connectivity index (χ3n) is 5.34. The Morgan fingerprint density at radius 3 is 2.62 bits per heavy atom. The lowest BCUT2D eigenvalue weighted by atomic mass is 10.0. The summed E-state index contributed by atoms with van der Waals surface area (Å²) in [5, 5.41) is 6.71. The molecule has 1 N–H and O–H groups in total. The van der Waals surface area contributed by atoms with Gasteiger partial charge in [0.25, 0.3) is 15.2 Å². The molecule has 0 saturated heterocycles. The Morgan fingerprint density at radius 2 is 1.91 bits per heavy atom. The highest BCUT2D eigenvalue weighted by Gasteiger charge is 2.30. The van der Waals surface area contributed by atoms with Crippen molar-refractivity contribution in [2.45, 2.75) is 24.2 Å². The molecule has 0 saturated carbocycles. The molecular weight excluding hydrogens is 482 g/mol. The quantitative estimate of drug-likeness (QED) is 0.385. The number of rotatable bonds is 7. The van der Waals surface area contributed by atoms with E-state index < -0.39 is 10.0 Å². The lowest BCUT2D eigenvalue weighted by molar-refractivity contribution is 0.319. The van der Waals surface area contributed by atoms with Crippen LogP contribution in [0.5, 0.6) is 28.2 Å². The fourth-order valence-electron chi connectivity index (χ4n) is 3.84. The number of methoxy groups -OCH3 is 2. The van der Waals surface area contributed by atoms with Crippen molar-refractivity contribution in [3.05, 3.63) is 41.4 Å². The second-order valence-electron chi connectivity index (χ2n) is 7.39. The van der Waals surface area contributed by atoms with Gasteiger partial charge in [-0.3, -0.25) is 4.72 Å². The molecular formula is C22H21N3O7S2. The van der Waals surface area contributed by atoms with Crippen LogP contribution < -0.4 is 23.7 Å². The summed E-state index contributed by atoms with van der Waals surface area (Å²) >= 11 is 1.36. The van der Waals surface area contributed by atoms with E-state index in [1.807, 2.05) is 5.38 Å². The van der Waals surface area contributed by atoms with Crippen LogP contribution in [0.2, 0.25) is 0 Å². The molecule has 0 bridgehead atoms. The van der Waals surface area contributed by atoms with Crippen LogP contribution in [0.4, 0.5) is 5.82 Å². The fourth-order valence-corrected chi connectivity index (χ4v) is 5.67. The van der Waals surface area contributed by atoms with Gasteiger partial charge in [0.15, 0.2) is 16.3 Å². The molecule has 4 aromatic rings. The maximum absolute atomic E-state index is 13.4. The van der Waals surface area contributed by atoms with Gasteiger partial charge in [0.1, 0.15) is 28.4 Å². The minimum absolute atomic E-state index is 0.00177. The summed E-state index contributed by atoms with van der Waals surface area (Å²) in [5.41, 5.74) is 1.12. The van der Waals surface area contributed by atoms with E-state index in [2.05, 4.69) is 14.9 Å². The first-order valence-corrected chi connectivity index (χ1v) is 12.8. The van der Waals surface area contributed by atoms with Crippen molar-refractivity contribution < 1.29 is 31.9 Å². The number of anilines is 1. The predicted molar refractivity (Wildman–Crippen MR) is 125 cm³/mol. The number of hydrogen-bond acceptors (Lipinski definition) is 10. The van der Waals surface area contributed by atoms with Gasteiger partial charge in [-0.1, -0.05) is 22.6 Å². The molecule has 1 aliphatic rings. The normalized spacial score (nSPS) is 13.6. The molecule has 0 atom stereocenters. The molecule has 0 amide bonds. The van der Waals surface area contributed by atoms with Crippen molar-refractivity contribution in [1.29, 1.82) is 0 Å². The maximum atomic E-state index is 13.4. The molecule has 0 radical (unpaired) electrons. The number of sulfonamides is 1. The average molecular weight is 504 g/mol. The number of benzene rings is 2. The largest absolute Gasteiger partial charge is 0.495 e. The molecule has 5 rings (SSSR count). The summed E-state index contributed by atoms with van der Waals surface area (Å²) in [4.78, 5) is 4.03. The van der Waals surface area contributed by atoms with Crippen molar-refractivity contribution in [1.82, 2.24) is 10.1 Å². The zero-order chi connectivity index (χ0) is 23.7. The molecule has 0 unspecified atom stereocenters. The molecule has 0 fully saturated rings. The van der Waals surface area contributed by atoms with Gasteiger partial charge in [-0.2, -0.15) is 0 Å². The zero-order valence-corrected chi connectivity index (χ0v) is 20.0. The Morgan fingerprint density at radius 1 is 1.12 bits per heavy atom. The zero-order valence-electron chi connectivity index (χ0n) is 18.4. The number of fused-ring (bicyclic) bond motifs is 3. The van der Waals surface area contributed by atoms with Gasteiger partial charge in [-0.15, -0.1) is 0 Å². The smallest absolute Gasteiger partial charge is 0.278 e. The van der Waals surface area contributed by atoms with Crippen LogP contribution in [0.3, 0.4) is 0 Å². The Hall–Kier alpha value is -3.51. The van der Waals surface area contributed by atoms with Crippen LogP contribution in [0.25, 0.3) is 11.0 Å². The number of nitrogens with one attached hydrogen (secondary N) is 1. The lowest BCUT2D eigenvalue weighted by Crippen LogP contribution is -2.16. The van der Waals surface area contributed by atoms with Gasteiger partial charge in [-0.25, -0.2) is 13.4 Å². The summed E-state index contributed by atoms with van der Waals surface area (Å²) in [6, 6.07) is 6.39. The maximum Gasteiger partial charge on any atom is 0.278 e. The lowest BCUT2D eigenvalue weighted by Gasteiger charge is -2.15. The van der Waals surface area contributed by atoms with E-state index in [0.717, 1.165) is 18.4 Å². The van der Waals surface area contributed by atoms with E-state index in [-0.39, 0.29) is 22.2 Å². The van der Waals surface area contributed by atoms with Crippen molar-refractivity contribution in [3.8, 4) is 28.2 Å². The fraction of sp³-hybridized carbons (Fsp3) is 0.273. The monoisotopic (exact) mass is 503 g/mol. The van der Waals surface area contributed by atoms with E-state index in [9.17, 15) is 8.42 Å². The van der Waals surface area contributed by atoms with Gasteiger partial charge < -0.3 is 23.5 Å². The standard InChI is InChI=1S/C22H21N3O7S2/c1-28-14-7-5-8-15(29-2)20(14)34(26,27)25-21-18-17(32-24-21)12-16(31-22-23-9-11-33-22)13-6-3-4-10-30-19(13)18/h5,7-9,11-12H,3-4,6,10H2,1-2H3,(H,24,25). The Bertz CT molecular complexity index is 1410. The second kappa shape index (κ2) is 9.03. The predicted octanol–water partition coefficient (Wildman–Crippen LogP) is 4.61. The van der Waals surface area contributed by atoms with E-state index in [1.54, 1.807) is 18.3 Å². The van der Waals surface area contributed by atoms with E-state index in [1.165, 1.54) is 37.7 Å². The van der Waals surface area contributed by atoms with Crippen LogP contribution in [0.15, 0.2) is 45.3 Å². The highest BCUT2D eigenvalue weighted by Crippen LogP contribution is 2.45. The molecule has 34 heavy (non-hydrogen) atoms. The molecule has 0 aliphatic carbocycles. The Balaban J connectivity index is 1.62. The van der Waals surface area contributed by atoms with Gasteiger partial charge >= 0.3 is 0 Å². The molecule has 12 heteroatoms. The molecule has 3 heterocycles. The van der Waals surface area contributed by atoms with E-state index in [4.69, 9.17) is 23.5 Å². The summed E-state index contributed by atoms with van der Waals surface area (Å²) in [5.74, 6) is 1.29. The summed E-state index contributed by atoms with van der Waals surface area (Å²) in [7, 11) is -1.39. The van der Waals surface area contributed by atoms with Crippen LogP contribution >= 0.6 is 11.3 Å². The second-order valence-corrected chi connectivity index (χ2v) is 9.87. The third kappa shape index (κ3) is 3.99. The van der Waals surface area contributed by atoms with Crippen molar-refractivity contribution >= 4 is 38.1 Å². The van der Waals surface area contributed by atoms with E-state index in [0.29, 0.717) is 40.7 Å². The molecule has 10 nitrogen and oxygen atoms in total. The summed E-state index contributed by atoms with van der Waals surface area (Å²) < 4.78 is 57.4. The molecule has 2 aromatic heterocycles. The minimum Gasteiger partial charge on any atom is -0.495 e. The van der Waals surface area contributed by atoms with Crippen LogP contribution in [0, 0.1) is 0 Å². The highest BCUT2D eigenvalue weighted by atomic mass is 32.2. The summed E-state index contributed by atoms with van der Waals surface area (Å²) in [6.45, 7) is 0.473. The van der Waals surface area contributed by atoms with E-state index >= 15 is 0 Å². The Labute approximate surface area is 199 Å². The number of hydrogen-bond donors (Lipinski definition) is 1. The number of ether oxygens (including phenoxy) is 4. The first kappa shape index (κ1) is 22.3. The number of nitrogens with zero attached hydrogens (tertiary/aromatic N) is 2. The van der Waals surface area contributed by atoms with Crippen molar-refractivity contribution in [2.24, 2.45) is 0 Å². The van der Waals surface area contributed by atoms with Crippen LogP contribution in [-0.4, -0.2) is 39.4 Å². The first-order valence-electron chi connectivity index (χ1n) is 10.4. The molecule has 2 aromatic carbocycles. The van der Waals surface area contributed by atoms with Gasteiger partial charge in [-0.05, 0) is 31.4 Å². The topological polar surface area (TPSA) is 122 Å². The third-order valence-corrected chi connectivity index (χ3v) is 7.39. The van der Waals surface area contributed by atoms with Gasteiger partial charge in [0, 0.05) is 23.2 Å². The highest BCUT2D eigenvalue weighted by molar-refractivity contribution is 7.93. The minimum atomic E-state index is -4.16. The average Bonchev–Trinajstić information content (AvgIpc) is 3.41. The SMILES string of the molecule is COc1cccc(OC)c1S(=O)(=O)Nc1noc2cc(Oc3nccs3)c3c(c12)OCCCC3. The van der Waals surface area contributed by atoms with Gasteiger partial charge in [0.2, 0.25) is 0 Å². The molecule has 0 spiro atoms. The summed E-state index contributed by atoms with van der Waals surface area (Å²) in [6.07, 6.45) is 4.07. The van der Waals surface area contributed by atoms with Crippen LogP contribution in [-0.2, 0) is 16.4 Å². The number of aromatic nitrogens is 2. The number of thiazole rings is 1. The molecule has 178 valence electrons. The van der Waals surface area contributed by atoms with Gasteiger partial charge in [0.05, 0.1) is 20.8 Å². The molecule has 1 aliphatic heterocycles. The first-order chi connectivity index (χ1) is 16.5. The van der Waals surface area contributed by atoms with Crippen molar-refractivity contribution in [3.63, 3.8) is 0 Å². The Kier molecular flexibility index (Phi) is 5.92. The van der Waals surface area contributed by atoms with Crippen LogP contribution in [0.1, 0.15) is 18.4 Å². The van der Waals surface area contributed by atoms with Crippen molar-refractivity contribution in [2.75, 3.05) is 25.5 Å².